The van der Waals surface area contributed by atoms with E-state index in [1.807, 2.05) is 0 Å². The van der Waals surface area contributed by atoms with Gasteiger partial charge in [-0.1, -0.05) is 12.1 Å². The Morgan fingerprint density at radius 3 is 2.06 bits per heavy atom. The molecule has 0 aromatic heterocycles. The van der Waals surface area contributed by atoms with Gasteiger partial charge < -0.3 is 14.2 Å². The number of hydrazine groups is 1. The molecule has 0 unspecified atom stereocenters. The minimum atomic E-state index is -4.49. The van der Waals surface area contributed by atoms with Crippen LogP contribution >= 0.6 is 0 Å². The van der Waals surface area contributed by atoms with Crippen LogP contribution < -0.4 is 25.1 Å². The van der Waals surface area contributed by atoms with Crippen LogP contribution in [0.4, 0.5) is 13.2 Å². The van der Waals surface area contributed by atoms with Crippen molar-refractivity contribution in [2.45, 2.75) is 26.9 Å². The molecule has 0 saturated heterocycles. The first-order valence-corrected chi connectivity index (χ1v) is 10.2. The zero-order valence-electron chi connectivity index (χ0n) is 18.4. The standard InChI is InChI=1S/C23H25F3N2O5/c1-4-31-18-13-16(14-19(32-5-2)21(18)33-6-3)22(30)28-27-20(29)11-10-15-8-7-9-17(12-15)23(24,25)26/h7-14H,4-6H2,1-3H3,(H,27,29)(H,28,30)/b11-10+. The van der Waals surface area contributed by atoms with Crippen molar-refractivity contribution in [2.75, 3.05) is 19.8 Å². The predicted molar refractivity (Wildman–Crippen MR) is 116 cm³/mol. The van der Waals surface area contributed by atoms with Crippen molar-refractivity contribution >= 4 is 17.9 Å². The van der Waals surface area contributed by atoms with Crippen LogP contribution in [0.15, 0.2) is 42.5 Å². The van der Waals surface area contributed by atoms with Gasteiger partial charge in [-0.3, -0.25) is 20.4 Å². The Labute approximate surface area is 189 Å². The summed E-state index contributed by atoms with van der Waals surface area (Å²) in [5, 5.41) is 0. The van der Waals surface area contributed by atoms with Crippen molar-refractivity contribution in [3.05, 3.63) is 59.2 Å². The summed E-state index contributed by atoms with van der Waals surface area (Å²) < 4.78 is 55.0. The highest BCUT2D eigenvalue weighted by atomic mass is 19.4. The Morgan fingerprint density at radius 2 is 1.52 bits per heavy atom. The Hall–Kier alpha value is -3.69. The summed E-state index contributed by atoms with van der Waals surface area (Å²) in [4.78, 5) is 24.5. The molecule has 2 N–H and O–H groups in total. The third kappa shape index (κ3) is 7.44. The molecule has 33 heavy (non-hydrogen) atoms. The van der Waals surface area contributed by atoms with Gasteiger partial charge in [-0.25, -0.2) is 0 Å². The Balaban J connectivity index is 2.10. The molecule has 2 amide bonds. The van der Waals surface area contributed by atoms with Gasteiger partial charge >= 0.3 is 6.18 Å². The van der Waals surface area contributed by atoms with E-state index in [9.17, 15) is 22.8 Å². The number of rotatable bonds is 9. The van der Waals surface area contributed by atoms with Crippen molar-refractivity contribution in [3.63, 3.8) is 0 Å². The zero-order chi connectivity index (χ0) is 24.4. The fraction of sp³-hybridized carbons (Fsp3) is 0.304. The summed E-state index contributed by atoms with van der Waals surface area (Å²) in [7, 11) is 0. The van der Waals surface area contributed by atoms with E-state index >= 15 is 0 Å². The summed E-state index contributed by atoms with van der Waals surface area (Å²) >= 11 is 0. The van der Waals surface area contributed by atoms with Gasteiger partial charge in [0.15, 0.2) is 11.5 Å². The Bertz CT molecular complexity index is 979. The molecule has 0 bridgehead atoms. The first-order valence-electron chi connectivity index (χ1n) is 10.2. The van der Waals surface area contributed by atoms with Crippen LogP contribution in [0, 0.1) is 0 Å². The molecule has 2 rings (SSSR count). The number of alkyl halides is 3. The highest BCUT2D eigenvalue weighted by Crippen LogP contribution is 2.39. The van der Waals surface area contributed by atoms with Gasteiger partial charge in [-0.15, -0.1) is 0 Å². The van der Waals surface area contributed by atoms with Crippen LogP contribution in [0.2, 0.25) is 0 Å². The van der Waals surface area contributed by atoms with Gasteiger partial charge in [0.2, 0.25) is 5.75 Å². The third-order valence-corrected chi connectivity index (χ3v) is 4.11. The number of hydrogen-bond acceptors (Lipinski definition) is 5. The Morgan fingerprint density at radius 1 is 0.909 bits per heavy atom. The molecule has 2 aromatic carbocycles. The average molecular weight is 466 g/mol. The van der Waals surface area contributed by atoms with Gasteiger partial charge in [-0.2, -0.15) is 13.2 Å². The molecule has 0 spiro atoms. The number of nitrogens with one attached hydrogen (secondary N) is 2. The molecule has 7 nitrogen and oxygen atoms in total. The fourth-order valence-electron chi connectivity index (χ4n) is 2.74. The van der Waals surface area contributed by atoms with Crippen LogP contribution in [-0.4, -0.2) is 31.6 Å². The van der Waals surface area contributed by atoms with Gasteiger partial charge in [0.1, 0.15) is 0 Å². The maximum Gasteiger partial charge on any atom is 0.416 e. The van der Waals surface area contributed by atoms with Gasteiger partial charge in [0.25, 0.3) is 11.8 Å². The van der Waals surface area contributed by atoms with Crippen molar-refractivity contribution in [2.24, 2.45) is 0 Å². The summed E-state index contributed by atoms with van der Waals surface area (Å²) in [5.41, 5.74) is 3.91. The molecule has 0 atom stereocenters. The number of carbonyl (C=O) groups is 2. The highest BCUT2D eigenvalue weighted by molar-refractivity contribution is 5.98. The van der Waals surface area contributed by atoms with Gasteiger partial charge in [-0.05, 0) is 56.7 Å². The predicted octanol–water partition coefficient (Wildman–Crippen LogP) is 4.38. The molecule has 10 heteroatoms. The minimum Gasteiger partial charge on any atom is -0.490 e. The van der Waals surface area contributed by atoms with E-state index in [-0.39, 0.29) is 11.1 Å². The summed E-state index contributed by atoms with van der Waals surface area (Å²) in [6.45, 7) is 6.37. The molecule has 0 radical (unpaired) electrons. The molecule has 0 fully saturated rings. The highest BCUT2D eigenvalue weighted by Gasteiger charge is 2.30. The second kappa shape index (κ2) is 11.8. The van der Waals surface area contributed by atoms with Gasteiger partial charge in [0, 0.05) is 11.6 Å². The normalized spacial score (nSPS) is 11.2. The lowest BCUT2D eigenvalue weighted by Gasteiger charge is -2.17. The van der Waals surface area contributed by atoms with Crippen molar-refractivity contribution in [1.82, 2.24) is 10.9 Å². The van der Waals surface area contributed by atoms with E-state index in [0.717, 1.165) is 18.2 Å². The molecular weight excluding hydrogens is 441 g/mol. The summed E-state index contributed by atoms with van der Waals surface area (Å²) in [6, 6.07) is 7.41. The molecular formula is C23H25F3N2O5. The lowest BCUT2D eigenvalue weighted by Crippen LogP contribution is -2.40. The molecule has 178 valence electrons. The maximum atomic E-state index is 12.8. The molecule has 2 aromatic rings. The topological polar surface area (TPSA) is 85.9 Å². The average Bonchev–Trinajstić information content (AvgIpc) is 2.78. The van der Waals surface area contributed by atoms with Crippen molar-refractivity contribution < 1.29 is 37.0 Å². The number of carbonyl (C=O) groups excluding carboxylic acids is 2. The van der Waals surface area contributed by atoms with E-state index in [0.29, 0.717) is 37.1 Å². The smallest absolute Gasteiger partial charge is 0.416 e. The number of benzene rings is 2. The van der Waals surface area contributed by atoms with Crippen molar-refractivity contribution in [3.8, 4) is 17.2 Å². The molecule has 0 aliphatic carbocycles. The summed E-state index contributed by atoms with van der Waals surface area (Å²) in [5.74, 6) is -0.397. The zero-order valence-corrected chi connectivity index (χ0v) is 18.4. The molecule has 0 aliphatic rings. The fourth-order valence-corrected chi connectivity index (χ4v) is 2.74. The second-order valence-corrected chi connectivity index (χ2v) is 6.50. The van der Waals surface area contributed by atoms with E-state index in [2.05, 4.69) is 10.9 Å². The first-order chi connectivity index (χ1) is 15.7. The largest absolute Gasteiger partial charge is 0.490 e. The number of amides is 2. The van der Waals surface area contributed by atoms with E-state index in [1.54, 1.807) is 20.8 Å². The second-order valence-electron chi connectivity index (χ2n) is 6.50. The monoisotopic (exact) mass is 466 g/mol. The maximum absolute atomic E-state index is 12.8. The van der Waals surface area contributed by atoms with Crippen LogP contribution in [0.3, 0.4) is 0 Å². The number of halogens is 3. The first kappa shape index (κ1) is 25.6. The third-order valence-electron chi connectivity index (χ3n) is 4.11. The lowest BCUT2D eigenvalue weighted by molar-refractivity contribution is -0.137. The molecule has 0 aliphatic heterocycles. The van der Waals surface area contributed by atoms with Crippen LogP contribution in [0.25, 0.3) is 6.08 Å². The Kier molecular flexibility index (Phi) is 9.14. The summed E-state index contributed by atoms with van der Waals surface area (Å²) in [6.07, 6.45) is -2.28. The lowest BCUT2D eigenvalue weighted by atomic mass is 10.1. The van der Waals surface area contributed by atoms with Gasteiger partial charge in [0.05, 0.1) is 25.4 Å². The van der Waals surface area contributed by atoms with E-state index in [4.69, 9.17) is 14.2 Å². The number of hydrogen-bond donors (Lipinski definition) is 2. The number of ether oxygens (including phenoxy) is 3. The van der Waals surface area contributed by atoms with E-state index < -0.39 is 23.6 Å². The minimum absolute atomic E-state index is 0.146. The van der Waals surface area contributed by atoms with Crippen LogP contribution in [0.5, 0.6) is 17.2 Å². The SMILES string of the molecule is CCOc1cc(C(=O)NNC(=O)/C=C/c2cccc(C(F)(F)F)c2)cc(OCC)c1OCC. The van der Waals surface area contributed by atoms with Crippen molar-refractivity contribution in [1.29, 1.82) is 0 Å². The molecule has 0 heterocycles. The quantitative estimate of drug-likeness (QED) is 0.423. The molecule has 0 saturated carbocycles. The van der Waals surface area contributed by atoms with Crippen LogP contribution in [-0.2, 0) is 11.0 Å². The van der Waals surface area contributed by atoms with E-state index in [1.165, 1.54) is 30.3 Å². The van der Waals surface area contributed by atoms with Crippen LogP contribution in [0.1, 0.15) is 42.3 Å².